The summed E-state index contributed by atoms with van der Waals surface area (Å²) in [4.78, 5) is 22.8. The van der Waals surface area contributed by atoms with E-state index in [1.165, 1.54) is 12.8 Å². The molecule has 0 aromatic carbocycles. The van der Waals surface area contributed by atoms with Gasteiger partial charge in [0, 0.05) is 0 Å². The second kappa shape index (κ2) is 1.56. The van der Waals surface area contributed by atoms with Gasteiger partial charge < -0.3 is 4.74 Å². The fourth-order valence-corrected chi connectivity index (χ4v) is 4.13. The molecule has 0 N–H and O–H groups in total. The molecule has 3 heteroatoms. The van der Waals surface area contributed by atoms with Crippen LogP contribution in [0.2, 0.25) is 0 Å². The van der Waals surface area contributed by atoms with Crippen LogP contribution in [0.3, 0.4) is 0 Å². The number of hydrogen-bond acceptors (Lipinski definition) is 3. The van der Waals surface area contributed by atoms with Crippen molar-refractivity contribution in [1.82, 2.24) is 0 Å². The molecule has 4 fully saturated rings. The zero-order chi connectivity index (χ0) is 8.79. The van der Waals surface area contributed by atoms with E-state index in [4.69, 9.17) is 4.74 Å². The largest absolute Gasteiger partial charge is 0.393 e. The molecule has 4 rings (SSSR count). The topological polar surface area (TPSA) is 43.4 Å². The van der Waals surface area contributed by atoms with Gasteiger partial charge in [0.15, 0.2) is 0 Å². The third kappa shape index (κ3) is 0.478. The predicted octanol–water partition coefficient (Wildman–Crippen LogP) is 0.732. The number of carbonyl (C=O) groups is 2. The van der Waals surface area contributed by atoms with Gasteiger partial charge in [-0.3, -0.25) is 9.59 Å². The van der Waals surface area contributed by atoms with Crippen LogP contribution >= 0.6 is 0 Å². The number of esters is 2. The average molecular weight is 178 g/mol. The van der Waals surface area contributed by atoms with Gasteiger partial charge in [0.05, 0.1) is 11.8 Å². The van der Waals surface area contributed by atoms with Gasteiger partial charge in [-0.15, -0.1) is 0 Å². The van der Waals surface area contributed by atoms with E-state index in [0.29, 0.717) is 17.3 Å². The molecular formula is C10H10O3. The molecular weight excluding hydrogens is 168 g/mol. The lowest BCUT2D eigenvalue weighted by atomic mass is 9.67. The van der Waals surface area contributed by atoms with Crippen LogP contribution in [-0.2, 0) is 14.3 Å². The Balaban J connectivity index is 1.84. The van der Waals surface area contributed by atoms with Crippen molar-refractivity contribution in [2.75, 3.05) is 0 Å². The van der Waals surface area contributed by atoms with Gasteiger partial charge in [-0.05, 0) is 36.5 Å². The first-order valence-corrected chi connectivity index (χ1v) is 4.99. The van der Waals surface area contributed by atoms with Gasteiger partial charge in [-0.2, -0.15) is 0 Å². The van der Waals surface area contributed by atoms with Crippen molar-refractivity contribution in [1.29, 1.82) is 0 Å². The summed E-state index contributed by atoms with van der Waals surface area (Å²) in [6.45, 7) is 0. The molecule has 1 spiro atoms. The van der Waals surface area contributed by atoms with Gasteiger partial charge in [-0.25, -0.2) is 0 Å². The van der Waals surface area contributed by atoms with E-state index in [0.717, 1.165) is 6.42 Å². The highest BCUT2D eigenvalue weighted by Gasteiger charge is 2.79. The maximum absolute atomic E-state index is 11.4. The molecule has 0 bridgehead atoms. The van der Waals surface area contributed by atoms with Crippen molar-refractivity contribution in [3.8, 4) is 0 Å². The molecule has 3 nitrogen and oxygen atoms in total. The number of cyclic esters (lactones) is 2. The van der Waals surface area contributed by atoms with Crippen molar-refractivity contribution in [3.63, 3.8) is 0 Å². The Hall–Kier alpha value is -0.860. The summed E-state index contributed by atoms with van der Waals surface area (Å²) in [6, 6.07) is 0. The molecule has 5 atom stereocenters. The molecule has 68 valence electrons. The summed E-state index contributed by atoms with van der Waals surface area (Å²) in [5.41, 5.74) is 0.435. The number of carbonyl (C=O) groups excluding carboxylic acids is 2. The lowest BCUT2D eigenvalue weighted by Crippen LogP contribution is -2.33. The van der Waals surface area contributed by atoms with Crippen LogP contribution in [0.4, 0.5) is 0 Å². The minimum Gasteiger partial charge on any atom is -0.393 e. The van der Waals surface area contributed by atoms with Gasteiger partial charge in [0.25, 0.3) is 0 Å². The maximum Gasteiger partial charge on any atom is 0.317 e. The van der Waals surface area contributed by atoms with Crippen molar-refractivity contribution < 1.29 is 14.3 Å². The number of hydrogen-bond donors (Lipinski definition) is 0. The quantitative estimate of drug-likeness (QED) is 0.405. The smallest absolute Gasteiger partial charge is 0.317 e. The Kier molecular flexibility index (Phi) is 0.786. The Morgan fingerprint density at radius 2 is 1.85 bits per heavy atom. The van der Waals surface area contributed by atoms with Gasteiger partial charge in [0.1, 0.15) is 0 Å². The van der Waals surface area contributed by atoms with Crippen LogP contribution < -0.4 is 0 Å². The fourth-order valence-electron chi connectivity index (χ4n) is 4.13. The van der Waals surface area contributed by atoms with E-state index in [1.807, 2.05) is 0 Å². The van der Waals surface area contributed by atoms with Crippen LogP contribution in [0.5, 0.6) is 0 Å². The lowest BCUT2D eigenvalue weighted by molar-refractivity contribution is -0.155. The Labute approximate surface area is 75.4 Å². The van der Waals surface area contributed by atoms with Crippen LogP contribution in [0, 0.1) is 29.1 Å². The summed E-state index contributed by atoms with van der Waals surface area (Å²) in [5.74, 6) is 0.467. The third-order valence-corrected chi connectivity index (χ3v) is 4.84. The van der Waals surface area contributed by atoms with Gasteiger partial charge in [-0.1, -0.05) is 0 Å². The summed E-state index contributed by atoms with van der Waals surface area (Å²) < 4.78 is 4.70. The molecule has 1 heterocycles. The number of ether oxygens (including phenoxy) is 1. The second-order valence-corrected chi connectivity index (χ2v) is 4.98. The van der Waals surface area contributed by atoms with Gasteiger partial charge >= 0.3 is 11.9 Å². The minimum atomic E-state index is -0.230. The molecule has 1 aliphatic heterocycles. The van der Waals surface area contributed by atoms with Crippen LogP contribution in [-0.4, -0.2) is 11.9 Å². The van der Waals surface area contributed by atoms with E-state index in [9.17, 15) is 9.59 Å². The summed E-state index contributed by atoms with van der Waals surface area (Å²) >= 11 is 0. The molecule has 4 aliphatic rings. The molecule has 3 saturated carbocycles. The van der Waals surface area contributed by atoms with Crippen LogP contribution in [0.25, 0.3) is 0 Å². The summed E-state index contributed by atoms with van der Waals surface area (Å²) in [7, 11) is 0. The number of fused-ring (bicyclic) bond motifs is 3. The second-order valence-electron chi connectivity index (χ2n) is 4.98. The summed E-state index contributed by atoms with van der Waals surface area (Å²) in [5, 5.41) is 0. The Bertz CT molecular complexity index is 334. The van der Waals surface area contributed by atoms with Crippen molar-refractivity contribution in [2.45, 2.75) is 19.3 Å². The number of rotatable bonds is 0. The van der Waals surface area contributed by atoms with Crippen LogP contribution in [0.1, 0.15) is 19.3 Å². The molecule has 13 heavy (non-hydrogen) atoms. The zero-order valence-corrected chi connectivity index (χ0v) is 7.16. The van der Waals surface area contributed by atoms with Crippen LogP contribution in [0.15, 0.2) is 0 Å². The van der Waals surface area contributed by atoms with Crippen molar-refractivity contribution in [2.24, 2.45) is 29.1 Å². The van der Waals surface area contributed by atoms with Gasteiger partial charge in [0.2, 0.25) is 0 Å². The molecule has 3 aliphatic carbocycles. The maximum atomic E-state index is 11.4. The van der Waals surface area contributed by atoms with E-state index >= 15 is 0 Å². The first-order valence-electron chi connectivity index (χ1n) is 4.99. The Morgan fingerprint density at radius 1 is 1.15 bits per heavy atom. The molecule has 0 aromatic rings. The molecule has 0 radical (unpaired) electrons. The molecule has 3 unspecified atom stereocenters. The zero-order valence-electron chi connectivity index (χ0n) is 7.16. The van der Waals surface area contributed by atoms with Crippen molar-refractivity contribution >= 4 is 11.9 Å². The first kappa shape index (κ1) is 6.57. The van der Waals surface area contributed by atoms with E-state index in [1.54, 1.807) is 0 Å². The van der Waals surface area contributed by atoms with E-state index < -0.39 is 0 Å². The highest BCUT2D eigenvalue weighted by molar-refractivity contribution is 5.98. The third-order valence-electron chi connectivity index (χ3n) is 4.84. The lowest BCUT2D eigenvalue weighted by Gasteiger charge is -2.36. The summed E-state index contributed by atoms with van der Waals surface area (Å²) in [6.07, 6.45) is 3.57. The average Bonchev–Trinajstić information content (AvgIpc) is 2.68. The van der Waals surface area contributed by atoms with Crippen molar-refractivity contribution in [3.05, 3.63) is 0 Å². The fraction of sp³-hybridized carbons (Fsp3) is 0.800. The highest BCUT2D eigenvalue weighted by atomic mass is 16.6. The minimum absolute atomic E-state index is 0.0417. The van der Waals surface area contributed by atoms with E-state index in [2.05, 4.69) is 0 Å². The molecule has 0 amide bonds. The molecule has 1 saturated heterocycles. The Morgan fingerprint density at radius 3 is 2.46 bits per heavy atom. The SMILES string of the molecule is O=C1OC(=O)[C@H]2C3CC34CCC4[C@@H]12. The monoisotopic (exact) mass is 178 g/mol. The normalized spacial score (nSPS) is 60.6. The predicted molar refractivity (Wildman–Crippen MR) is 41.3 cm³/mol. The molecule has 0 aromatic heterocycles. The van der Waals surface area contributed by atoms with E-state index in [-0.39, 0.29) is 23.8 Å². The first-order chi connectivity index (χ1) is 6.24. The highest BCUT2D eigenvalue weighted by Crippen LogP contribution is 2.80. The standard InChI is InChI=1S/C10H10O3/c11-8-6-4-1-2-10(4)3-5(10)7(6)9(12)13-8/h4-7H,1-3H2/t4?,5?,6-,7+,10?/m1/s1.